The molecule has 0 aliphatic carbocycles. The lowest BCUT2D eigenvalue weighted by atomic mass is 10.0. The van der Waals surface area contributed by atoms with Gasteiger partial charge in [-0.05, 0) is 119 Å². The van der Waals surface area contributed by atoms with Crippen molar-refractivity contribution < 1.29 is 52.8 Å². The Balaban J connectivity index is 1.39. The average molecular weight is 1100 g/mol. The maximum Gasteiger partial charge on any atom is 0.264 e. The van der Waals surface area contributed by atoms with Crippen molar-refractivity contribution in [2.75, 3.05) is 0 Å². The van der Waals surface area contributed by atoms with E-state index in [0.29, 0.717) is 89.4 Å². The zero-order valence-corrected chi connectivity index (χ0v) is 43.5. The Kier molecular flexibility index (Phi) is 13.5. The number of carbonyl (C=O) groups excluding carboxylic acids is 4. The predicted molar refractivity (Wildman–Crippen MR) is 285 cm³/mol. The smallest absolute Gasteiger partial charge is 0.264 e. The Hall–Kier alpha value is -8.84. The molecule has 4 aromatic carbocycles. The summed E-state index contributed by atoms with van der Waals surface area (Å²) in [6.07, 6.45) is 6.95. The molecule has 2 aliphatic rings. The van der Waals surface area contributed by atoms with E-state index in [-0.39, 0.29) is 19.6 Å². The van der Waals surface area contributed by atoms with Gasteiger partial charge in [-0.15, -0.1) is 0 Å². The highest BCUT2D eigenvalue weighted by atomic mass is 32.2. The number of H-pyrrole nitrogens is 2. The van der Waals surface area contributed by atoms with E-state index in [1.54, 1.807) is 97.1 Å². The molecule has 4 amide bonds. The molecule has 0 radical (unpaired) electrons. The SMILES string of the molecule is CC(=O)NS(=O)(=O)c1ccc(-c2c3nc(c(-c4ccc(S(=O)(=O)NC(C)=O)cc4)c4ccc([nH]4)c(-c4ccc(S(=O)(=O)NC(C)=O)cc4)c4nc(c(-c5ccc(S(=O)(=O)NC(C)=O)cc5)c5ccc2[nH]5)C=C4)C=C3)cc1. The quantitative estimate of drug-likeness (QED) is 0.0749. The molecule has 9 rings (SSSR count). The molecule has 6 N–H and O–H groups in total. The minimum absolute atomic E-state index is 0.189. The van der Waals surface area contributed by atoms with Crippen LogP contribution in [-0.4, -0.2) is 77.2 Å². The summed E-state index contributed by atoms with van der Waals surface area (Å²) in [5, 5.41) is 0. The lowest BCUT2D eigenvalue weighted by molar-refractivity contribution is -0.118. The minimum Gasteiger partial charge on any atom is -0.354 e. The van der Waals surface area contributed by atoms with Crippen molar-refractivity contribution in [3.63, 3.8) is 0 Å². The molecule has 2 aliphatic heterocycles. The number of aromatic nitrogens is 4. The van der Waals surface area contributed by atoms with Gasteiger partial charge < -0.3 is 9.97 Å². The number of carbonyl (C=O) groups is 4. The molecule has 76 heavy (non-hydrogen) atoms. The Morgan fingerprint density at radius 3 is 0.671 bits per heavy atom. The third kappa shape index (κ3) is 10.6. The van der Waals surface area contributed by atoms with Gasteiger partial charge in [-0.25, -0.2) is 62.5 Å². The molecule has 0 fully saturated rings. The Morgan fingerprint density at radius 1 is 0.316 bits per heavy atom. The first-order chi connectivity index (χ1) is 35.9. The topological polar surface area (TPSA) is 310 Å². The fourth-order valence-corrected chi connectivity index (χ4v) is 12.6. The molecular weight excluding hydrogens is 1060 g/mol. The summed E-state index contributed by atoms with van der Waals surface area (Å²) in [5.41, 5.74) is 7.23. The molecule has 5 heterocycles. The molecule has 7 aromatic rings. The highest BCUT2D eigenvalue weighted by Crippen LogP contribution is 2.39. The summed E-state index contributed by atoms with van der Waals surface area (Å²) < 4.78 is 112. The van der Waals surface area contributed by atoms with Crippen molar-refractivity contribution in [1.29, 1.82) is 0 Å². The largest absolute Gasteiger partial charge is 0.354 e. The highest BCUT2D eigenvalue weighted by molar-refractivity contribution is 7.91. The van der Waals surface area contributed by atoms with E-state index in [9.17, 15) is 52.8 Å². The van der Waals surface area contributed by atoms with Crippen LogP contribution in [0.2, 0.25) is 0 Å². The van der Waals surface area contributed by atoms with Crippen LogP contribution in [0.1, 0.15) is 50.5 Å². The molecule has 0 saturated heterocycles. The zero-order chi connectivity index (χ0) is 54.5. The van der Waals surface area contributed by atoms with Crippen LogP contribution in [0, 0.1) is 0 Å². The van der Waals surface area contributed by atoms with Crippen LogP contribution in [0.5, 0.6) is 0 Å². The lowest BCUT2D eigenvalue weighted by Crippen LogP contribution is -2.28. The minimum atomic E-state index is -4.23. The summed E-state index contributed by atoms with van der Waals surface area (Å²) >= 11 is 0. The van der Waals surface area contributed by atoms with Crippen LogP contribution in [-0.2, 0) is 59.3 Å². The summed E-state index contributed by atoms with van der Waals surface area (Å²) in [5.74, 6) is -3.12. The normalized spacial score (nSPS) is 12.5. The van der Waals surface area contributed by atoms with E-state index in [1.165, 1.54) is 48.5 Å². The number of nitrogens with one attached hydrogen (secondary N) is 6. The second kappa shape index (κ2) is 19.8. The molecule has 0 atom stereocenters. The third-order valence-corrected chi connectivity index (χ3v) is 17.5. The van der Waals surface area contributed by atoms with Gasteiger partial charge in [0.15, 0.2) is 0 Å². The van der Waals surface area contributed by atoms with Crippen molar-refractivity contribution in [3.05, 3.63) is 144 Å². The summed E-state index contributed by atoms with van der Waals surface area (Å²) in [6.45, 7) is 4.30. The Morgan fingerprint density at radius 2 is 0.500 bits per heavy atom. The van der Waals surface area contributed by atoms with Crippen molar-refractivity contribution in [3.8, 4) is 44.5 Å². The summed E-state index contributed by atoms with van der Waals surface area (Å²) in [4.78, 5) is 63.7. The zero-order valence-electron chi connectivity index (χ0n) is 40.3. The molecule has 20 nitrogen and oxygen atoms in total. The third-order valence-electron chi connectivity index (χ3n) is 11.7. The van der Waals surface area contributed by atoms with Crippen molar-refractivity contribution in [2.45, 2.75) is 47.3 Å². The molecular formula is C52H42N8O12S4. The predicted octanol–water partition coefficient (Wildman–Crippen LogP) is 6.62. The van der Waals surface area contributed by atoms with E-state index >= 15 is 0 Å². The fraction of sp³-hybridized carbons (Fsp3) is 0.0769. The van der Waals surface area contributed by atoms with E-state index in [1.807, 2.05) is 18.9 Å². The van der Waals surface area contributed by atoms with Gasteiger partial charge in [0.05, 0.1) is 42.4 Å². The Bertz CT molecular complexity index is 3770. The van der Waals surface area contributed by atoms with Gasteiger partial charge in [-0.2, -0.15) is 0 Å². The first-order valence-corrected chi connectivity index (χ1v) is 28.5. The molecule has 0 unspecified atom stereocenters. The second-order valence-electron chi connectivity index (χ2n) is 17.2. The molecule has 0 spiro atoms. The first-order valence-electron chi connectivity index (χ1n) is 22.6. The maximum atomic E-state index is 13.1. The lowest BCUT2D eigenvalue weighted by Gasteiger charge is -2.09. The number of benzene rings is 4. The van der Waals surface area contributed by atoms with E-state index < -0.39 is 63.7 Å². The van der Waals surface area contributed by atoms with Gasteiger partial charge in [0.1, 0.15) is 0 Å². The van der Waals surface area contributed by atoms with Crippen LogP contribution < -0.4 is 18.9 Å². The van der Waals surface area contributed by atoms with Crippen molar-refractivity contribution in [1.82, 2.24) is 38.8 Å². The van der Waals surface area contributed by atoms with Gasteiger partial charge in [-0.3, -0.25) is 19.2 Å². The van der Waals surface area contributed by atoms with Gasteiger partial charge in [0.2, 0.25) is 23.6 Å². The van der Waals surface area contributed by atoms with Crippen molar-refractivity contribution in [2.24, 2.45) is 0 Å². The first kappa shape index (κ1) is 52.0. The van der Waals surface area contributed by atoms with E-state index in [2.05, 4.69) is 9.97 Å². The maximum absolute atomic E-state index is 13.1. The van der Waals surface area contributed by atoms with Crippen LogP contribution in [0.25, 0.3) is 90.9 Å². The number of hydrogen-bond acceptors (Lipinski definition) is 14. The molecule has 3 aromatic heterocycles. The molecule has 386 valence electrons. The summed E-state index contributed by atoms with van der Waals surface area (Å²) in [6, 6.07) is 30.2. The van der Waals surface area contributed by atoms with E-state index in [4.69, 9.17) is 9.97 Å². The average Bonchev–Trinajstić information content (AvgIpc) is 4.22. The Labute approximate surface area is 435 Å². The number of rotatable bonds is 12. The van der Waals surface area contributed by atoms with Gasteiger partial charge in [0, 0.05) is 72.0 Å². The summed E-state index contributed by atoms with van der Waals surface area (Å²) in [7, 11) is -16.9. The standard InChI is InChI=1S/C52H42N8O12S4/c1-29(61)57-73(65,66)37-13-5-33(6-14-37)49-41-21-23-43(53-41)50(34-7-15-38(16-8-34)74(67,68)58-30(2)62)45-25-27-47(55-45)52(36-11-19-40(20-12-36)76(71,72)60-32(4)64)48-28-26-46(56-48)51(44-24-22-42(49)54-44)35-9-17-39(18-10-35)75(69,70)59-31(3)63/h5-28,53,56H,1-4H3,(H,57,61)(H,58,62)(H,59,63)(H,60,64). The van der Waals surface area contributed by atoms with Crippen LogP contribution in [0.3, 0.4) is 0 Å². The molecule has 8 bridgehead atoms. The number of aromatic amines is 2. The van der Waals surface area contributed by atoms with E-state index in [0.717, 1.165) is 27.7 Å². The molecule has 24 heteroatoms. The van der Waals surface area contributed by atoms with Crippen LogP contribution in [0.15, 0.2) is 141 Å². The number of amides is 4. The number of fused-ring (bicyclic) bond motifs is 8. The number of sulfonamides is 4. The monoisotopic (exact) mass is 1100 g/mol. The van der Waals surface area contributed by atoms with Gasteiger partial charge in [0.25, 0.3) is 40.1 Å². The number of nitrogens with zero attached hydrogens (tertiary/aromatic N) is 2. The highest BCUT2D eigenvalue weighted by Gasteiger charge is 2.24. The van der Waals surface area contributed by atoms with Gasteiger partial charge in [-0.1, -0.05) is 48.5 Å². The number of hydrogen-bond donors (Lipinski definition) is 6. The van der Waals surface area contributed by atoms with Gasteiger partial charge >= 0.3 is 0 Å². The fourth-order valence-electron chi connectivity index (χ4n) is 8.62. The molecule has 0 saturated carbocycles. The van der Waals surface area contributed by atoms with Crippen molar-refractivity contribution >= 4 is 110 Å². The van der Waals surface area contributed by atoms with Crippen LogP contribution in [0.4, 0.5) is 0 Å². The second-order valence-corrected chi connectivity index (χ2v) is 24.0. The van der Waals surface area contributed by atoms with Crippen LogP contribution >= 0.6 is 0 Å².